The number of nitrogens with zero attached hydrogens (tertiary/aromatic N) is 2. The zero-order valence-electron chi connectivity index (χ0n) is 15.1. The second-order valence-electron chi connectivity index (χ2n) is 7.01. The van der Waals surface area contributed by atoms with E-state index in [1.165, 1.54) is 64.6 Å². The van der Waals surface area contributed by atoms with E-state index in [4.69, 9.17) is 0 Å². The number of unbranched alkanes of at least 4 members (excludes halogenated alkanes) is 4. The van der Waals surface area contributed by atoms with Crippen LogP contribution in [-0.2, 0) is 9.53 Å². The van der Waals surface area contributed by atoms with E-state index in [1.54, 1.807) is 13.8 Å². The standard InChI is InChI=1S/C14H28N2.C4H8O2/c1-3-4-5-6-7-10-16-11-13-8-9-14(12-16)15(13)2;1-4(2)6-3-5/h13-14H,3-12H2,1-2H3;3-4H,1-2H3. The molecule has 0 spiro atoms. The van der Waals surface area contributed by atoms with Gasteiger partial charge in [-0.1, -0.05) is 32.6 Å². The van der Waals surface area contributed by atoms with Crippen molar-refractivity contribution in [3.05, 3.63) is 0 Å². The van der Waals surface area contributed by atoms with Crippen LogP contribution in [0.5, 0.6) is 0 Å². The van der Waals surface area contributed by atoms with Crippen molar-refractivity contribution in [1.29, 1.82) is 0 Å². The van der Waals surface area contributed by atoms with Crippen LogP contribution >= 0.6 is 0 Å². The Kier molecular flexibility index (Phi) is 9.73. The molecule has 2 heterocycles. The van der Waals surface area contributed by atoms with Crippen molar-refractivity contribution in [3.63, 3.8) is 0 Å². The lowest BCUT2D eigenvalue weighted by Crippen LogP contribution is -2.51. The number of hydrogen-bond donors (Lipinski definition) is 0. The maximum absolute atomic E-state index is 9.39. The summed E-state index contributed by atoms with van der Waals surface area (Å²) in [6.07, 6.45) is 9.99. The van der Waals surface area contributed by atoms with Crippen LogP contribution in [0.15, 0.2) is 0 Å². The molecular weight excluding hydrogens is 276 g/mol. The van der Waals surface area contributed by atoms with Gasteiger partial charge in [0.25, 0.3) is 6.47 Å². The van der Waals surface area contributed by atoms with Gasteiger partial charge in [-0.15, -0.1) is 0 Å². The molecule has 2 aliphatic rings. The first-order valence-corrected chi connectivity index (χ1v) is 9.11. The topological polar surface area (TPSA) is 32.8 Å². The predicted molar refractivity (Wildman–Crippen MR) is 92.1 cm³/mol. The summed E-state index contributed by atoms with van der Waals surface area (Å²) in [5.41, 5.74) is 0. The van der Waals surface area contributed by atoms with Crippen molar-refractivity contribution in [3.8, 4) is 0 Å². The molecule has 0 aromatic carbocycles. The Bertz CT molecular complexity index is 283. The lowest BCUT2D eigenvalue weighted by molar-refractivity contribution is -0.131. The van der Waals surface area contributed by atoms with Gasteiger partial charge in [0.2, 0.25) is 0 Å². The van der Waals surface area contributed by atoms with Crippen molar-refractivity contribution in [2.45, 2.75) is 83.9 Å². The number of likely N-dealkylation sites (N-methyl/N-ethyl adjacent to an activating group) is 1. The minimum atomic E-state index is 0.0301. The number of hydrogen-bond acceptors (Lipinski definition) is 4. The molecule has 22 heavy (non-hydrogen) atoms. The van der Waals surface area contributed by atoms with Crippen molar-refractivity contribution in [2.75, 3.05) is 26.7 Å². The molecule has 0 saturated carbocycles. The summed E-state index contributed by atoms with van der Waals surface area (Å²) in [6.45, 7) is 10.4. The first-order valence-electron chi connectivity index (χ1n) is 9.11. The Morgan fingerprint density at radius 2 is 1.68 bits per heavy atom. The van der Waals surface area contributed by atoms with Gasteiger partial charge in [0.15, 0.2) is 0 Å². The first kappa shape index (κ1) is 19.4. The van der Waals surface area contributed by atoms with E-state index in [2.05, 4.69) is 28.5 Å². The van der Waals surface area contributed by atoms with E-state index >= 15 is 0 Å². The zero-order valence-corrected chi connectivity index (χ0v) is 15.1. The molecule has 2 atom stereocenters. The van der Waals surface area contributed by atoms with E-state index in [9.17, 15) is 4.79 Å². The van der Waals surface area contributed by atoms with Crippen molar-refractivity contribution in [2.24, 2.45) is 0 Å². The Morgan fingerprint density at radius 1 is 1.09 bits per heavy atom. The number of fused-ring (bicyclic) bond motifs is 2. The highest BCUT2D eigenvalue weighted by atomic mass is 16.5. The van der Waals surface area contributed by atoms with Crippen LogP contribution in [0.1, 0.15) is 65.7 Å². The van der Waals surface area contributed by atoms with Gasteiger partial charge in [-0.3, -0.25) is 9.69 Å². The highest BCUT2D eigenvalue weighted by Gasteiger charge is 2.36. The molecule has 2 aliphatic heterocycles. The van der Waals surface area contributed by atoms with E-state index in [-0.39, 0.29) is 6.10 Å². The Hall–Kier alpha value is -0.610. The minimum Gasteiger partial charge on any atom is -0.465 e. The maximum atomic E-state index is 9.39. The molecule has 2 unspecified atom stereocenters. The molecule has 2 saturated heterocycles. The Morgan fingerprint density at radius 3 is 2.14 bits per heavy atom. The summed E-state index contributed by atoms with van der Waals surface area (Å²) in [5.74, 6) is 0. The van der Waals surface area contributed by atoms with Gasteiger partial charge in [0.05, 0.1) is 6.10 Å². The van der Waals surface area contributed by atoms with Gasteiger partial charge in [0.1, 0.15) is 0 Å². The number of ether oxygens (including phenoxy) is 1. The van der Waals surface area contributed by atoms with Gasteiger partial charge in [-0.05, 0) is 46.7 Å². The van der Waals surface area contributed by atoms with E-state index in [0.717, 1.165) is 12.1 Å². The molecule has 4 heteroatoms. The fraction of sp³-hybridized carbons (Fsp3) is 0.944. The maximum Gasteiger partial charge on any atom is 0.293 e. The molecule has 2 bridgehead atoms. The third-order valence-electron chi connectivity index (χ3n) is 4.83. The van der Waals surface area contributed by atoms with Crippen LogP contribution in [0.2, 0.25) is 0 Å². The minimum absolute atomic E-state index is 0.0301. The van der Waals surface area contributed by atoms with Gasteiger partial charge < -0.3 is 9.64 Å². The third-order valence-corrected chi connectivity index (χ3v) is 4.83. The normalized spacial score (nSPS) is 25.0. The summed E-state index contributed by atoms with van der Waals surface area (Å²) in [5, 5.41) is 0. The van der Waals surface area contributed by atoms with E-state index in [1.807, 2.05) is 0 Å². The third kappa shape index (κ3) is 7.10. The van der Waals surface area contributed by atoms with Gasteiger partial charge in [-0.25, -0.2) is 0 Å². The summed E-state index contributed by atoms with van der Waals surface area (Å²) in [6, 6.07) is 1.74. The quantitative estimate of drug-likeness (QED) is 0.508. The largest absolute Gasteiger partial charge is 0.465 e. The molecular formula is C18H36N2O2. The van der Waals surface area contributed by atoms with Gasteiger partial charge >= 0.3 is 0 Å². The van der Waals surface area contributed by atoms with Crippen LogP contribution in [0.4, 0.5) is 0 Å². The summed E-state index contributed by atoms with van der Waals surface area (Å²) in [4.78, 5) is 14.7. The first-order chi connectivity index (χ1) is 10.6. The van der Waals surface area contributed by atoms with E-state index in [0.29, 0.717) is 6.47 Å². The second kappa shape index (κ2) is 11.0. The van der Waals surface area contributed by atoms with Gasteiger partial charge in [-0.2, -0.15) is 0 Å². The molecule has 2 fully saturated rings. The number of likely N-dealkylation sites (tertiary alicyclic amines) is 1. The van der Waals surface area contributed by atoms with Crippen molar-refractivity contribution < 1.29 is 9.53 Å². The lowest BCUT2D eigenvalue weighted by Gasteiger charge is -2.38. The monoisotopic (exact) mass is 312 g/mol. The molecule has 0 aromatic rings. The Labute approximate surface area is 137 Å². The molecule has 4 nitrogen and oxygen atoms in total. The van der Waals surface area contributed by atoms with Crippen LogP contribution in [0.25, 0.3) is 0 Å². The summed E-state index contributed by atoms with van der Waals surface area (Å²) in [7, 11) is 2.32. The van der Waals surface area contributed by atoms with Crippen LogP contribution in [-0.4, -0.2) is 61.1 Å². The average Bonchev–Trinajstić information content (AvgIpc) is 2.70. The number of rotatable bonds is 8. The Balaban J connectivity index is 0.000000346. The van der Waals surface area contributed by atoms with Crippen LogP contribution in [0.3, 0.4) is 0 Å². The fourth-order valence-electron chi connectivity index (χ4n) is 3.43. The molecule has 0 aromatic heterocycles. The number of carbonyl (C=O) groups is 1. The van der Waals surface area contributed by atoms with Crippen LogP contribution in [0, 0.1) is 0 Å². The molecule has 0 aliphatic carbocycles. The molecule has 0 amide bonds. The average molecular weight is 312 g/mol. The number of piperazine rings is 1. The second-order valence-corrected chi connectivity index (χ2v) is 7.01. The zero-order chi connectivity index (χ0) is 16.4. The SMILES string of the molecule is CC(C)OC=O.CCCCCCCN1CC2CCC(C1)N2C. The molecule has 0 N–H and O–H groups in total. The van der Waals surface area contributed by atoms with E-state index < -0.39 is 0 Å². The fourth-order valence-corrected chi connectivity index (χ4v) is 3.43. The predicted octanol–water partition coefficient (Wildman–Crippen LogP) is 3.30. The summed E-state index contributed by atoms with van der Waals surface area (Å²) < 4.78 is 4.36. The van der Waals surface area contributed by atoms with Crippen molar-refractivity contribution in [1.82, 2.24) is 9.80 Å². The molecule has 2 rings (SSSR count). The molecule has 130 valence electrons. The van der Waals surface area contributed by atoms with Crippen molar-refractivity contribution >= 4 is 6.47 Å². The van der Waals surface area contributed by atoms with Crippen LogP contribution < -0.4 is 0 Å². The summed E-state index contributed by atoms with van der Waals surface area (Å²) >= 11 is 0. The number of carbonyl (C=O) groups excluding carboxylic acids is 1. The molecule has 0 radical (unpaired) electrons. The lowest BCUT2D eigenvalue weighted by atomic mass is 10.1. The highest BCUT2D eigenvalue weighted by Crippen LogP contribution is 2.28. The van der Waals surface area contributed by atoms with Gasteiger partial charge in [0, 0.05) is 25.2 Å². The highest BCUT2D eigenvalue weighted by molar-refractivity contribution is 5.37. The smallest absolute Gasteiger partial charge is 0.293 e.